The summed E-state index contributed by atoms with van der Waals surface area (Å²) in [5.74, 6) is 3.28. The third-order valence-electron chi connectivity index (χ3n) is 7.78. The smallest absolute Gasteiger partial charge is 0.119 e. The van der Waals surface area contributed by atoms with Gasteiger partial charge in [-0.25, -0.2) is 0 Å². The van der Waals surface area contributed by atoms with Crippen LogP contribution >= 0.6 is 46.4 Å². The standard InChI is InChI=1S/C34H52Cl4N2O4/c1-3-23-43-31-11-7-27(8-12-31)33(41)29(25-39(19-15-35)20-16-36)5-6-30(26-40(21-17-37)22-18-38)34(42)28-9-13-32(14-10-28)44-24-4-2/h7-14,29-30,33-34,41-42H,3-6,15-26H2,1-2H3/t29-,30-,33+,34+/m0/s1. The van der Waals surface area contributed by atoms with Crippen molar-refractivity contribution in [2.45, 2.75) is 51.7 Å². The molecule has 0 heterocycles. The Morgan fingerprint density at radius 2 is 0.886 bits per heavy atom. The van der Waals surface area contributed by atoms with Crippen molar-refractivity contribution in [3.63, 3.8) is 0 Å². The van der Waals surface area contributed by atoms with Crippen LogP contribution in [0.4, 0.5) is 0 Å². The van der Waals surface area contributed by atoms with E-state index in [1.807, 2.05) is 48.5 Å². The molecule has 4 atom stereocenters. The van der Waals surface area contributed by atoms with Crippen molar-refractivity contribution in [3.05, 3.63) is 59.7 Å². The summed E-state index contributed by atoms with van der Waals surface area (Å²) in [5.41, 5.74) is 1.67. The van der Waals surface area contributed by atoms with Gasteiger partial charge in [-0.05, 0) is 61.1 Å². The molecule has 0 fully saturated rings. The number of nitrogens with zero attached hydrogens (tertiary/aromatic N) is 2. The maximum absolute atomic E-state index is 11.7. The molecule has 0 aliphatic heterocycles. The maximum Gasteiger partial charge on any atom is 0.119 e. The van der Waals surface area contributed by atoms with E-state index >= 15 is 0 Å². The summed E-state index contributed by atoms with van der Waals surface area (Å²) < 4.78 is 11.5. The van der Waals surface area contributed by atoms with Crippen LogP contribution < -0.4 is 9.47 Å². The van der Waals surface area contributed by atoms with E-state index in [0.29, 0.717) is 88.8 Å². The topological polar surface area (TPSA) is 65.4 Å². The number of benzene rings is 2. The molecule has 0 unspecified atom stereocenters. The van der Waals surface area contributed by atoms with Crippen molar-refractivity contribution in [2.24, 2.45) is 11.8 Å². The van der Waals surface area contributed by atoms with Gasteiger partial charge in [-0.1, -0.05) is 38.1 Å². The zero-order chi connectivity index (χ0) is 32.2. The maximum atomic E-state index is 11.7. The Hall–Kier alpha value is -0.960. The Balaban J connectivity index is 2.32. The summed E-state index contributed by atoms with van der Waals surface area (Å²) >= 11 is 24.5. The number of halogens is 4. The molecule has 0 bridgehead atoms. The van der Waals surface area contributed by atoms with Gasteiger partial charge in [0.1, 0.15) is 11.5 Å². The number of ether oxygens (including phenoxy) is 2. The van der Waals surface area contributed by atoms with Crippen LogP contribution in [-0.2, 0) is 0 Å². The first-order valence-corrected chi connectivity index (χ1v) is 18.0. The van der Waals surface area contributed by atoms with Crippen LogP contribution in [-0.4, -0.2) is 96.0 Å². The molecule has 0 aliphatic rings. The van der Waals surface area contributed by atoms with Crippen molar-refractivity contribution in [1.82, 2.24) is 9.80 Å². The van der Waals surface area contributed by atoms with Crippen molar-refractivity contribution in [3.8, 4) is 11.5 Å². The molecule has 0 aromatic heterocycles. The highest BCUT2D eigenvalue weighted by molar-refractivity contribution is 6.18. The molecule has 2 rings (SSSR count). The molecule has 250 valence electrons. The summed E-state index contributed by atoms with van der Waals surface area (Å²) in [6, 6.07) is 15.4. The molecule has 0 saturated heterocycles. The molecular formula is C34H52Cl4N2O4. The fourth-order valence-electron chi connectivity index (χ4n) is 5.36. The molecular weight excluding hydrogens is 642 g/mol. The van der Waals surface area contributed by atoms with Gasteiger partial charge >= 0.3 is 0 Å². The summed E-state index contributed by atoms with van der Waals surface area (Å²) in [6.45, 7) is 9.43. The van der Waals surface area contributed by atoms with E-state index in [0.717, 1.165) is 35.5 Å². The molecule has 0 radical (unpaired) electrons. The van der Waals surface area contributed by atoms with Crippen molar-refractivity contribution in [2.75, 3.05) is 76.0 Å². The second-order valence-electron chi connectivity index (χ2n) is 11.2. The molecule has 10 heteroatoms. The highest BCUT2D eigenvalue weighted by Gasteiger charge is 2.29. The van der Waals surface area contributed by atoms with Crippen molar-refractivity contribution >= 4 is 46.4 Å². The molecule has 0 saturated carbocycles. The SMILES string of the molecule is CCCOc1ccc([C@@H](O)[C@@H](CC[C@@H](CN(CCCl)CCCl)[C@H](O)c2ccc(OCCC)cc2)CN(CCCl)CCCl)cc1. The predicted octanol–water partition coefficient (Wildman–Crippen LogP) is 7.60. The van der Waals surface area contributed by atoms with E-state index in [-0.39, 0.29) is 11.8 Å². The minimum Gasteiger partial charge on any atom is -0.494 e. The van der Waals surface area contributed by atoms with Gasteiger partial charge in [0.2, 0.25) is 0 Å². The molecule has 44 heavy (non-hydrogen) atoms. The molecule has 0 aliphatic carbocycles. The molecule has 0 spiro atoms. The first-order valence-electron chi connectivity index (χ1n) is 15.9. The monoisotopic (exact) mass is 692 g/mol. The van der Waals surface area contributed by atoms with Gasteiger partial charge in [0.05, 0.1) is 25.4 Å². The Bertz CT molecular complexity index is 895. The summed E-state index contributed by atoms with van der Waals surface area (Å²) in [6.07, 6.45) is 1.81. The van der Waals surface area contributed by atoms with Crippen molar-refractivity contribution in [1.29, 1.82) is 0 Å². The van der Waals surface area contributed by atoms with Crippen LogP contribution in [0.3, 0.4) is 0 Å². The molecule has 2 aromatic rings. The van der Waals surface area contributed by atoms with Crippen molar-refractivity contribution < 1.29 is 19.7 Å². The zero-order valence-electron chi connectivity index (χ0n) is 26.4. The van der Waals surface area contributed by atoms with Gasteiger partial charge in [0, 0.05) is 74.6 Å². The first kappa shape index (κ1) is 39.2. The molecule has 0 amide bonds. The number of alkyl halides is 4. The number of rotatable bonds is 25. The fraction of sp³-hybridized carbons (Fsp3) is 0.647. The number of hydrogen-bond acceptors (Lipinski definition) is 6. The van der Waals surface area contributed by atoms with Crippen LogP contribution in [0.25, 0.3) is 0 Å². The molecule has 2 aromatic carbocycles. The third-order valence-corrected chi connectivity index (χ3v) is 8.45. The van der Waals surface area contributed by atoms with Gasteiger partial charge in [-0.3, -0.25) is 0 Å². The van der Waals surface area contributed by atoms with Crippen LogP contribution in [0, 0.1) is 11.8 Å². The summed E-state index contributed by atoms with van der Waals surface area (Å²) in [7, 11) is 0. The van der Waals surface area contributed by atoms with Crippen LogP contribution in [0.15, 0.2) is 48.5 Å². The lowest BCUT2D eigenvalue weighted by atomic mass is 9.84. The van der Waals surface area contributed by atoms with Gasteiger partial charge in [0.25, 0.3) is 0 Å². The third kappa shape index (κ3) is 14.2. The van der Waals surface area contributed by atoms with Crippen LogP contribution in [0.1, 0.15) is 62.9 Å². The Morgan fingerprint density at radius 3 is 1.16 bits per heavy atom. The first-order chi connectivity index (χ1) is 21.4. The second-order valence-corrected chi connectivity index (χ2v) is 12.7. The summed E-state index contributed by atoms with van der Waals surface area (Å²) in [5, 5.41) is 23.4. The molecule has 6 nitrogen and oxygen atoms in total. The Labute approximate surface area is 285 Å². The minimum absolute atomic E-state index is 0.113. The van der Waals surface area contributed by atoms with E-state index in [1.165, 1.54) is 0 Å². The number of aliphatic hydroxyl groups is 2. The van der Waals surface area contributed by atoms with E-state index < -0.39 is 12.2 Å². The minimum atomic E-state index is -0.710. The average molecular weight is 695 g/mol. The predicted molar refractivity (Wildman–Crippen MR) is 186 cm³/mol. The summed E-state index contributed by atoms with van der Waals surface area (Å²) in [4.78, 5) is 4.42. The second kappa shape index (κ2) is 23.4. The van der Waals surface area contributed by atoms with Gasteiger partial charge in [0.15, 0.2) is 0 Å². The quantitative estimate of drug-likeness (QED) is 0.104. The van der Waals surface area contributed by atoms with E-state index in [9.17, 15) is 10.2 Å². The van der Waals surface area contributed by atoms with Crippen LogP contribution in [0.5, 0.6) is 11.5 Å². The lowest BCUT2D eigenvalue weighted by Gasteiger charge is -2.34. The number of hydrogen-bond donors (Lipinski definition) is 2. The normalized spacial score (nSPS) is 14.5. The number of aliphatic hydroxyl groups excluding tert-OH is 2. The fourth-order valence-corrected chi connectivity index (χ4v) is 6.32. The van der Waals surface area contributed by atoms with Gasteiger partial charge in [-0.15, -0.1) is 46.4 Å². The molecule has 2 N–H and O–H groups in total. The highest BCUT2D eigenvalue weighted by atomic mass is 35.5. The zero-order valence-corrected chi connectivity index (χ0v) is 29.4. The van der Waals surface area contributed by atoms with Gasteiger partial charge in [-0.2, -0.15) is 0 Å². The largest absolute Gasteiger partial charge is 0.494 e. The Kier molecular flexibility index (Phi) is 20.8. The lowest BCUT2D eigenvalue weighted by molar-refractivity contribution is 0.0469. The van der Waals surface area contributed by atoms with E-state index in [2.05, 4.69) is 23.6 Å². The van der Waals surface area contributed by atoms with E-state index in [1.54, 1.807) is 0 Å². The van der Waals surface area contributed by atoms with Gasteiger partial charge < -0.3 is 29.5 Å². The highest BCUT2D eigenvalue weighted by Crippen LogP contribution is 2.34. The average Bonchev–Trinajstić information content (AvgIpc) is 3.04. The Morgan fingerprint density at radius 1 is 0.568 bits per heavy atom. The lowest BCUT2D eigenvalue weighted by Crippen LogP contribution is -2.37. The van der Waals surface area contributed by atoms with Crippen LogP contribution in [0.2, 0.25) is 0 Å². The van der Waals surface area contributed by atoms with E-state index in [4.69, 9.17) is 55.9 Å².